The zero-order chi connectivity index (χ0) is 22.2. The molecule has 0 bridgehead atoms. The van der Waals surface area contributed by atoms with Crippen LogP contribution < -0.4 is 22.1 Å². The van der Waals surface area contributed by atoms with Gasteiger partial charge in [-0.2, -0.15) is 10.1 Å². The summed E-state index contributed by atoms with van der Waals surface area (Å²) in [5, 5.41) is 20.0. The lowest BCUT2D eigenvalue weighted by Gasteiger charge is -2.29. The number of fused-ring (bicyclic) bond motifs is 1. The van der Waals surface area contributed by atoms with Crippen molar-refractivity contribution in [3.63, 3.8) is 0 Å². The van der Waals surface area contributed by atoms with Crippen LogP contribution in [-0.4, -0.2) is 43.0 Å². The molecule has 0 aliphatic heterocycles. The summed E-state index contributed by atoms with van der Waals surface area (Å²) in [7, 11) is 0. The summed E-state index contributed by atoms with van der Waals surface area (Å²) >= 11 is 0. The number of rotatable bonds is 5. The van der Waals surface area contributed by atoms with Crippen LogP contribution in [0.5, 0.6) is 0 Å². The van der Waals surface area contributed by atoms with Gasteiger partial charge in [0.25, 0.3) is 5.91 Å². The average molecular weight is 424 g/mol. The first kappa shape index (κ1) is 21.0. The van der Waals surface area contributed by atoms with Gasteiger partial charge < -0.3 is 22.1 Å². The molecule has 1 aliphatic rings. The second-order valence-corrected chi connectivity index (χ2v) is 9.04. The summed E-state index contributed by atoms with van der Waals surface area (Å²) in [6.45, 7) is 6.28. The Bertz CT molecular complexity index is 1100. The highest BCUT2D eigenvalue weighted by Gasteiger charge is 2.23. The molecule has 2 aromatic heterocycles. The minimum absolute atomic E-state index is 0.0241. The zero-order valence-corrected chi connectivity index (χ0v) is 18.1. The Hall–Kier alpha value is -3.27. The SMILES string of the molecule is CC(C)(C)n1cc2cc(Nc3nc(N[C@@H]4CCCC[C@@H]4N)nnc3C(N)=O)ccc2n1. The number of primary amides is 1. The summed E-state index contributed by atoms with van der Waals surface area (Å²) in [6, 6.07) is 5.84. The van der Waals surface area contributed by atoms with Crippen LogP contribution in [-0.2, 0) is 5.54 Å². The lowest BCUT2D eigenvalue weighted by atomic mass is 9.91. The molecule has 31 heavy (non-hydrogen) atoms. The molecular weight excluding hydrogens is 394 g/mol. The number of aromatic nitrogens is 5. The van der Waals surface area contributed by atoms with Gasteiger partial charge in [-0.15, -0.1) is 10.2 Å². The van der Waals surface area contributed by atoms with E-state index in [1.54, 1.807) is 0 Å². The van der Waals surface area contributed by atoms with Crippen molar-refractivity contribution >= 4 is 34.3 Å². The Labute approximate surface area is 180 Å². The van der Waals surface area contributed by atoms with Crippen molar-refractivity contribution in [1.82, 2.24) is 25.0 Å². The predicted molar refractivity (Wildman–Crippen MR) is 120 cm³/mol. The van der Waals surface area contributed by atoms with E-state index in [1.165, 1.54) is 0 Å². The van der Waals surface area contributed by atoms with Crippen LogP contribution in [0.15, 0.2) is 24.4 Å². The molecule has 0 spiro atoms. The maximum atomic E-state index is 11.9. The zero-order valence-electron chi connectivity index (χ0n) is 18.1. The molecule has 1 saturated carbocycles. The topological polar surface area (TPSA) is 150 Å². The Morgan fingerprint density at radius 3 is 2.68 bits per heavy atom. The lowest BCUT2D eigenvalue weighted by Crippen LogP contribution is -2.43. The normalized spacial score (nSPS) is 19.4. The predicted octanol–water partition coefficient (Wildman–Crippen LogP) is 2.50. The van der Waals surface area contributed by atoms with Crippen LogP contribution in [0.1, 0.15) is 56.9 Å². The molecule has 0 radical (unpaired) electrons. The van der Waals surface area contributed by atoms with Gasteiger partial charge in [0.05, 0.1) is 11.1 Å². The first-order valence-electron chi connectivity index (χ1n) is 10.5. The van der Waals surface area contributed by atoms with Gasteiger partial charge in [-0.1, -0.05) is 12.8 Å². The second-order valence-electron chi connectivity index (χ2n) is 9.04. The number of amides is 1. The van der Waals surface area contributed by atoms with E-state index in [2.05, 4.69) is 51.7 Å². The summed E-state index contributed by atoms with van der Waals surface area (Å²) < 4.78 is 1.93. The Balaban J connectivity index is 1.62. The van der Waals surface area contributed by atoms with Crippen LogP contribution in [0, 0.1) is 0 Å². The number of nitrogens with zero attached hydrogens (tertiary/aromatic N) is 5. The van der Waals surface area contributed by atoms with Gasteiger partial charge in [0.15, 0.2) is 11.5 Å². The first-order chi connectivity index (χ1) is 14.7. The fourth-order valence-electron chi connectivity index (χ4n) is 3.73. The lowest BCUT2D eigenvalue weighted by molar-refractivity contribution is 0.0995. The van der Waals surface area contributed by atoms with Crippen molar-refractivity contribution in [2.45, 2.75) is 64.1 Å². The highest BCUT2D eigenvalue weighted by Crippen LogP contribution is 2.25. The molecule has 3 aromatic rings. The Morgan fingerprint density at radius 2 is 1.97 bits per heavy atom. The molecule has 1 amide bonds. The van der Waals surface area contributed by atoms with Gasteiger partial charge in [0, 0.05) is 29.4 Å². The van der Waals surface area contributed by atoms with Crippen molar-refractivity contribution in [2.75, 3.05) is 10.6 Å². The summed E-state index contributed by atoms with van der Waals surface area (Å²) in [5.41, 5.74) is 13.2. The van der Waals surface area contributed by atoms with Crippen molar-refractivity contribution in [1.29, 1.82) is 0 Å². The highest BCUT2D eigenvalue weighted by molar-refractivity contribution is 5.96. The van der Waals surface area contributed by atoms with Gasteiger partial charge in [-0.25, -0.2) is 0 Å². The van der Waals surface area contributed by atoms with E-state index in [0.717, 1.165) is 42.3 Å². The van der Waals surface area contributed by atoms with Crippen molar-refractivity contribution in [3.05, 3.63) is 30.1 Å². The maximum absolute atomic E-state index is 11.9. The quantitative estimate of drug-likeness (QED) is 0.489. The van der Waals surface area contributed by atoms with E-state index in [0.29, 0.717) is 5.95 Å². The molecule has 0 unspecified atom stereocenters. The molecule has 2 heterocycles. The largest absolute Gasteiger partial charge is 0.364 e. The van der Waals surface area contributed by atoms with E-state index in [4.69, 9.17) is 11.5 Å². The first-order valence-corrected chi connectivity index (χ1v) is 10.5. The number of carbonyl (C=O) groups excluding carboxylic acids is 1. The standard InChI is InChI=1S/C21H29N9O/c1-21(2,3)30-11-12-10-13(8-9-15(12)29-30)24-19-17(18(23)31)27-28-20(26-19)25-16-7-5-4-6-14(16)22/h8-11,14,16H,4-7,22H2,1-3H3,(H2,23,31)(H2,24,25,26,28)/t14-,16+/m0/s1. The van der Waals surface area contributed by atoms with Gasteiger partial charge >= 0.3 is 0 Å². The van der Waals surface area contributed by atoms with Crippen LogP contribution in [0.2, 0.25) is 0 Å². The van der Waals surface area contributed by atoms with Gasteiger partial charge in [0.1, 0.15) is 0 Å². The van der Waals surface area contributed by atoms with Gasteiger partial charge in [-0.05, 0) is 51.8 Å². The van der Waals surface area contributed by atoms with Crippen molar-refractivity contribution < 1.29 is 4.79 Å². The monoisotopic (exact) mass is 423 g/mol. The third kappa shape index (κ3) is 4.58. The number of hydrogen-bond acceptors (Lipinski definition) is 8. The molecule has 10 nitrogen and oxygen atoms in total. The number of nitrogens with two attached hydrogens (primary N) is 2. The van der Waals surface area contributed by atoms with Gasteiger partial charge in [0.2, 0.25) is 5.95 Å². The summed E-state index contributed by atoms with van der Waals surface area (Å²) in [5.74, 6) is -0.140. The Morgan fingerprint density at radius 1 is 1.19 bits per heavy atom. The van der Waals surface area contributed by atoms with E-state index in [9.17, 15) is 4.79 Å². The van der Waals surface area contributed by atoms with Crippen LogP contribution >= 0.6 is 0 Å². The third-order valence-corrected chi connectivity index (χ3v) is 5.51. The molecule has 4 rings (SSSR count). The number of benzene rings is 1. The number of nitrogens with one attached hydrogen (secondary N) is 2. The Kier molecular flexibility index (Phi) is 5.48. The number of hydrogen-bond donors (Lipinski definition) is 4. The fourth-order valence-corrected chi connectivity index (χ4v) is 3.73. The average Bonchev–Trinajstić information content (AvgIpc) is 3.14. The molecule has 6 N–H and O–H groups in total. The molecule has 164 valence electrons. The van der Waals surface area contributed by atoms with E-state index in [-0.39, 0.29) is 29.1 Å². The van der Waals surface area contributed by atoms with E-state index < -0.39 is 5.91 Å². The summed E-state index contributed by atoms with van der Waals surface area (Å²) in [4.78, 5) is 16.3. The molecule has 1 aromatic carbocycles. The van der Waals surface area contributed by atoms with E-state index in [1.807, 2.05) is 29.1 Å². The molecular formula is C21H29N9O. The second kappa shape index (κ2) is 8.10. The minimum Gasteiger partial charge on any atom is -0.364 e. The molecule has 2 atom stereocenters. The minimum atomic E-state index is -0.704. The smallest absolute Gasteiger partial charge is 0.273 e. The van der Waals surface area contributed by atoms with Crippen LogP contribution in [0.4, 0.5) is 17.5 Å². The highest BCUT2D eigenvalue weighted by atomic mass is 16.1. The molecule has 1 fully saturated rings. The third-order valence-electron chi connectivity index (χ3n) is 5.51. The van der Waals surface area contributed by atoms with Gasteiger partial charge in [-0.3, -0.25) is 9.48 Å². The van der Waals surface area contributed by atoms with Crippen LogP contribution in [0.3, 0.4) is 0 Å². The molecule has 0 saturated heterocycles. The molecule has 1 aliphatic carbocycles. The number of anilines is 3. The van der Waals surface area contributed by atoms with Crippen LogP contribution in [0.25, 0.3) is 10.9 Å². The van der Waals surface area contributed by atoms with E-state index >= 15 is 0 Å². The summed E-state index contributed by atoms with van der Waals surface area (Å²) in [6.07, 6.45) is 6.12. The maximum Gasteiger partial charge on any atom is 0.273 e. The van der Waals surface area contributed by atoms with Crippen molar-refractivity contribution in [3.8, 4) is 0 Å². The number of carbonyl (C=O) groups is 1. The fraction of sp³-hybridized carbons (Fsp3) is 0.476. The van der Waals surface area contributed by atoms with Crippen molar-refractivity contribution in [2.24, 2.45) is 11.5 Å². The molecule has 10 heteroatoms.